The summed E-state index contributed by atoms with van der Waals surface area (Å²) in [5.41, 5.74) is 0. The van der Waals surface area contributed by atoms with Crippen molar-refractivity contribution in [2.45, 2.75) is 471 Å². The van der Waals surface area contributed by atoms with Gasteiger partial charge in [-0.25, -0.2) is 9.13 Å². The second-order valence-corrected chi connectivity index (χ2v) is 34.2. The number of phosphoric ester groups is 2. The molecular formula is C85H166O17P2. The van der Waals surface area contributed by atoms with Crippen LogP contribution in [0.15, 0.2) is 0 Å². The third-order valence-corrected chi connectivity index (χ3v) is 22.2. The first kappa shape index (κ1) is 102. The first-order valence-electron chi connectivity index (χ1n) is 44.0. The molecule has 6 atom stereocenters. The third-order valence-electron chi connectivity index (χ3n) is 20.3. The third kappa shape index (κ3) is 76.8. The summed E-state index contributed by atoms with van der Waals surface area (Å²) in [7, 11) is -9.93. The van der Waals surface area contributed by atoms with E-state index in [2.05, 4.69) is 41.5 Å². The first-order valence-corrected chi connectivity index (χ1v) is 47.0. The van der Waals surface area contributed by atoms with Crippen molar-refractivity contribution in [3.05, 3.63) is 0 Å². The monoisotopic (exact) mass is 1520 g/mol. The van der Waals surface area contributed by atoms with Crippen molar-refractivity contribution < 1.29 is 80.2 Å². The molecule has 0 aliphatic heterocycles. The number of phosphoric acid groups is 2. The SMILES string of the molecule is CCCCCCCCCCCCCCCCCCCCCCC(=O)O[C@H](COC(=O)CCCCCCCCCCCCCCCC(C)C)COP(=O)(O)OC[C@@H](O)COP(=O)(O)OC[C@@H](COC(=O)CCCCCCCCCCC(C)CC)OC(=O)CCCCCCCCCCCCCCCCCC. The van der Waals surface area contributed by atoms with E-state index in [0.29, 0.717) is 25.7 Å². The Morgan fingerprint density at radius 1 is 0.279 bits per heavy atom. The molecule has 0 spiro atoms. The highest BCUT2D eigenvalue weighted by molar-refractivity contribution is 7.47. The Morgan fingerprint density at radius 2 is 0.490 bits per heavy atom. The van der Waals surface area contributed by atoms with Crippen molar-refractivity contribution in [2.24, 2.45) is 11.8 Å². The van der Waals surface area contributed by atoms with Crippen LogP contribution in [-0.2, 0) is 65.4 Å². The number of carbonyl (C=O) groups excluding carboxylic acids is 4. The van der Waals surface area contributed by atoms with Gasteiger partial charge in [0.15, 0.2) is 12.2 Å². The molecule has 3 N–H and O–H groups in total. The van der Waals surface area contributed by atoms with E-state index in [1.165, 1.54) is 270 Å². The number of hydrogen-bond acceptors (Lipinski definition) is 15. The molecule has 0 fully saturated rings. The highest BCUT2D eigenvalue weighted by atomic mass is 31.2. The molecule has 618 valence electrons. The molecule has 0 rings (SSSR count). The quantitative estimate of drug-likeness (QED) is 0.0222. The molecule has 3 unspecified atom stereocenters. The largest absolute Gasteiger partial charge is 0.472 e. The van der Waals surface area contributed by atoms with Crippen LogP contribution in [0.5, 0.6) is 0 Å². The molecule has 0 saturated carbocycles. The zero-order valence-corrected chi connectivity index (χ0v) is 70.1. The standard InChI is InChI=1S/C85H166O17P2/c1-7-10-12-14-16-18-20-22-24-26-27-28-29-31-35-40-44-52-58-64-70-84(89)101-80(73-95-82(87)67-61-55-49-42-38-36-32-33-37-41-47-53-59-65-77(4)5)75-99-103(91,92)97-71-79(86)72-98-104(93,94)100-76-81(74-96-83(88)68-62-56-50-46-45-48-54-60-66-78(6)9-3)102-85(90)69-63-57-51-43-39-34-30-25-23-21-19-17-15-13-11-8-2/h77-81,86H,7-76H2,1-6H3,(H,91,92)(H,93,94)/t78?,79-,80-,81-/m1/s1. The molecule has 0 amide bonds. The molecular weight excluding hydrogens is 1350 g/mol. The predicted octanol–water partition coefficient (Wildman–Crippen LogP) is 25.8. The Hall–Kier alpha value is -1.94. The van der Waals surface area contributed by atoms with Crippen LogP contribution in [0.4, 0.5) is 0 Å². The van der Waals surface area contributed by atoms with Crippen molar-refractivity contribution >= 4 is 39.5 Å². The van der Waals surface area contributed by atoms with Crippen molar-refractivity contribution in [1.82, 2.24) is 0 Å². The van der Waals surface area contributed by atoms with Crippen LogP contribution >= 0.6 is 15.6 Å². The van der Waals surface area contributed by atoms with Crippen LogP contribution in [0, 0.1) is 11.8 Å². The normalized spacial score (nSPS) is 14.1. The topological polar surface area (TPSA) is 237 Å². The molecule has 104 heavy (non-hydrogen) atoms. The summed E-state index contributed by atoms with van der Waals surface area (Å²) in [4.78, 5) is 73.2. The van der Waals surface area contributed by atoms with E-state index in [9.17, 15) is 43.2 Å². The van der Waals surface area contributed by atoms with E-state index >= 15 is 0 Å². The Balaban J connectivity index is 5.26. The van der Waals surface area contributed by atoms with Gasteiger partial charge in [0.05, 0.1) is 26.4 Å². The van der Waals surface area contributed by atoms with Gasteiger partial charge in [0.25, 0.3) is 0 Å². The van der Waals surface area contributed by atoms with Crippen molar-refractivity contribution in [3.63, 3.8) is 0 Å². The lowest BCUT2D eigenvalue weighted by Gasteiger charge is -2.21. The average molecular weight is 1520 g/mol. The van der Waals surface area contributed by atoms with Crippen molar-refractivity contribution in [3.8, 4) is 0 Å². The lowest BCUT2D eigenvalue weighted by atomic mass is 9.99. The van der Waals surface area contributed by atoms with Crippen LogP contribution in [0.3, 0.4) is 0 Å². The van der Waals surface area contributed by atoms with E-state index in [-0.39, 0.29) is 25.7 Å². The van der Waals surface area contributed by atoms with Gasteiger partial charge in [0, 0.05) is 25.7 Å². The zero-order valence-electron chi connectivity index (χ0n) is 68.3. The van der Waals surface area contributed by atoms with Gasteiger partial charge in [0.1, 0.15) is 19.3 Å². The predicted molar refractivity (Wildman–Crippen MR) is 428 cm³/mol. The molecule has 0 bridgehead atoms. The number of ether oxygens (including phenoxy) is 4. The minimum absolute atomic E-state index is 0.108. The fraction of sp³-hybridized carbons (Fsp3) is 0.953. The van der Waals surface area contributed by atoms with Crippen LogP contribution in [0.2, 0.25) is 0 Å². The second kappa shape index (κ2) is 76.4. The molecule has 0 aliphatic carbocycles. The molecule has 17 nitrogen and oxygen atoms in total. The van der Waals surface area contributed by atoms with E-state index in [1.807, 2.05) is 0 Å². The highest BCUT2D eigenvalue weighted by Crippen LogP contribution is 2.45. The minimum Gasteiger partial charge on any atom is -0.462 e. The van der Waals surface area contributed by atoms with Crippen LogP contribution in [0.1, 0.15) is 452 Å². The molecule has 0 saturated heterocycles. The van der Waals surface area contributed by atoms with Gasteiger partial charge in [-0.2, -0.15) is 0 Å². The molecule has 0 aromatic rings. The van der Waals surface area contributed by atoms with Gasteiger partial charge >= 0.3 is 39.5 Å². The molecule has 0 radical (unpaired) electrons. The number of aliphatic hydroxyl groups excluding tert-OH is 1. The van der Waals surface area contributed by atoms with Gasteiger partial charge in [-0.3, -0.25) is 37.3 Å². The zero-order chi connectivity index (χ0) is 76.4. The van der Waals surface area contributed by atoms with Gasteiger partial charge in [-0.15, -0.1) is 0 Å². The Morgan fingerprint density at radius 3 is 0.731 bits per heavy atom. The smallest absolute Gasteiger partial charge is 0.462 e. The number of esters is 4. The van der Waals surface area contributed by atoms with E-state index < -0.39 is 97.5 Å². The number of hydrogen-bond donors (Lipinski definition) is 3. The van der Waals surface area contributed by atoms with Crippen molar-refractivity contribution in [1.29, 1.82) is 0 Å². The maximum Gasteiger partial charge on any atom is 0.472 e. The number of unbranched alkanes of at least 4 members (excludes halogenated alkanes) is 53. The van der Waals surface area contributed by atoms with Gasteiger partial charge in [-0.1, -0.05) is 401 Å². The molecule has 0 aliphatic rings. The molecule has 0 heterocycles. The van der Waals surface area contributed by atoms with Crippen molar-refractivity contribution in [2.75, 3.05) is 39.6 Å². The fourth-order valence-electron chi connectivity index (χ4n) is 13.2. The maximum absolute atomic E-state index is 13.1. The molecule has 0 aromatic heterocycles. The fourth-order valence-corrected chi connectivity index (χ4v) is 14.8. The summed E-state index contributed by atoms with van der Waals surface area (Å²) in [6.07, 6.45) is 67.9. The lowest BCUT2D eigenvalue weighted by Crippen LogP contribution is -2.30. The number of carbonyl (C=O) groups is 4. The summed E-state index contributed by atoms with van der Waals surface area (Å²) in [5, 5.41) is 10.7. The van der Waals surface area contributed by atoms with E-state index in [4.69, 9.17) is 37.0 Å². The summed E-state index contributed by atoms with van der Waals surface area (Å²) >= 11 is 0. The van der Waals surface area contributed by atoms with Gasteiger partial charge in [0.2, 0.25) is 0 Å². The molecule has 19 heteroatoms. The highest BCUT2D eigenvalue weighted by Gasteiger charge is 2.30. The molecule has 0 aromatic carbocycles. The minimum atomic E-state index is -4.97. The van der Waals surface area contributed by atoms with Crippen LogP contribution in [-0.4, -0.2) is 96.7 Å². The van der Waals surface area contributed by atoms with Crippen LogP contribution in [0.25, 0.3) is 0 Å². The summed E-state index contributed by atoms with van der Waals surface area (Å²) < 4.78 is 68.9. The van der Waals surface area contributed by atoms with E-state index in [0.717, 1.165) is 102 Å². The number of rotatable bonds is 84. The van der Waals surface area contributed by atoms with Crippen LogP contribution < -0.4 is 0 Å². The number of aliphatic hydroxyl groups is 1. The summed E-state index contributed by atoms with van der Waals surface area (Å²) in [6.45, 7) is 9.69. The average Bonchev–Trinajstić information content (AvgIpc) is 0.924. The summed E-state index contributed by atoms with van der Waals surface area (Å²) in [5.74, 6) is -0.534. The Labute approximate surface area is 638 Å². The Bertz CT molecular complexity index is 2000. The van der Waals surface area contributed by atoms with Gasteiger partial charge < -0.3 is 33.8 Å². The Kier molecular flexibility index (Phi) is 75.0. The van der Waals surface area contributed by atoms with Gasteiger partial charge in [-0.05, 0) is 37.5 Å². The second-order valence-electron chi connectivity index (χ2n) is 31.3. The maximum atomic E-state index is 13.1. The first-order chi connectivity index (χ1) is 50.4. The lowest BCUT2D eigenvalue weighted by molar-refractivity contribution is -0.161. The summed E-state index contributed by atoms with van der Waals surface area (Å²) in [6, 6.07) is 0. The van der Waals surface area contributed by atoms with E-state index in [1.54, 1.807) is 0 Å².